The number of ether oxygens (including phenoxy) is 1. The van der Waals surface area contributed by atoms with E-state index < -0.39 is 18.5 Å². The number of benzene rings is 1. The second-order valence-corrected chi connectivity index (χ2v) is 8.52. The smallest absolute Gasteiger partial charge is 0.346 e. The summed E-state index contributed by atoms with van der Waals surface area (Å²) in [4.78, 5) is 14.1. The van der Waals surface area contributed by atoms with Crippen LogP contribution in [0, 0.1) is 16.1 Å². The van der Waals surface area contributed by atoms with E-state index in [1.165, 1.54) is 24.3 Å². The first-order chi connectivity index (χ1) is 13.0. The molecule has 0 amide bonds. The van der Waals surface area contributed by atoms with Crippen LogP contribution < -0.4 is 4.74 Å². The third-order valence-electron chi connectivity index (χ3n) is 4.11. The van der Waals surface area contributed by atoms with Gasteiger partial charge in [0.05, 0.1) is 17.7 Å². The van der Waals surface area contributed by atoms with Gasteiger partial charge in [0.15, 0.2) is 0 Å². The van der Waals surface area contributed by atoms with E-state index in [-0.39, 0.29) is 23.8 Å². The van der Waals surface area contributed by atoms with Crippen LogP contribution in [-0.4, -0.2) is 45.4 Å². The highest BCUT2D eigenvalue weighted by Gasteiger charge is 2.49. The van der Waals surface area contributed by atoms with Crippen molar-refractivity contribution in [2.24, 2.45) is 0 Å². The Morgan fingerprint density at radius 3 is 2.44 bits per heavy atom. The lowest BCUT2D eigenvalue weighted by atomic mass is 10.2. The number of nitro groups is 1. The summed E-state index contributed by atoms with van der Waals surface area (Å²) in [5.74, 6) is -0.542. The van der Waals surface area contributed by atoms with E-state index >= 15 is 0 Å². The summed E-state index contributed by atoms with van der Waals surface area (Å²) in [6, 6.07) is 6.70. The van der Waals surface area contributed by atoms with E-state index in [2.05, 4.69) is 4.98 Å². The van der Waals surface area contributed by atoms with Crippen LogP contribution in [0.1, 0.15) is 5.56 Å². The molecule has 0 radical (unpaired) electrons. The third-order valence-corrected chi connectivity index (χ3v) is 6.81. The molecule has 2 aromatic rings. The molecule has 142 valence electrons. The topological polar surface area (TPSA) is 97.6 Å². The van der Waals surface area contributed by atoms with E-state index in [0.29, 0.717) is 5.56 Å². The van der Waals surface area contributed by atoms with Crippen molar-refractivity contribution >= 4 is 13.4 Å². The number of nitrogens with zero attached hydrogens (tertiary/aromatic N) is 4. The molecule has 2 aliphatic heterocycles. The van der Waals surface area contributed by atoms with Gasteiger partial charge >= 0.3 is 13.4 Å². The molecule has 2 fully saturated rings. The van der Waals surface area contributed by atoms with E-state index in [9.17, 15) is 19.1 Å². The normalized spacial score (nSPS) is 16.9. The van der Waals surface area contributed by atoms with Gasteiger partial charge in [0.1, 0.15) is 5.75 Å². The van der Waals surface area contributed by atoms with Crippen molar-refractivity contribution in [3.63, 3.8) is 0 Å². The molecule has 2 aliphatic rings. The maximum absolute atomic E-state index is 12.9. The Morgan fingerprint density at radius 1 is 1.19 bits per heavy atom. The minimum Gasteiger partial charge on any atom is -0.448 e. The fourth-order valence-electron chi connectivity index (χ4n) is 2.53. The fraction of sp³-hybridized carbons (Fsp3) is 0.312. The van der Waals surface area contributed by atoms with Gasteiger partial charge in [-0.15, -0.1) is 0 Å². The maximum Gasteiger partial charge on any atom is 0.346 e. The van der Waals surface area contributed by atoms with Crippen molar-refractivity contribution in [1.82, 2.24) is 14.3 Å². The lowest BCUT2D eigenvalue weighted by Gasteiger charge is -2.19. The Kier molecular flexibility index (Phi) is 4.65. The van der Waals surface area contributed by atoms with Crippen LogP contribution in [0.2, 0.25) is 0 Å². The summed E-state index contributed by atoms with van der Waals surface area (Å²) < 4.78 is 40.6. The van der Waals surface area contributed by atoms with Gasteiger partial charge in [-0.25, -0.2) is 14.3 Å². The molecule has 0 unspecified atom stereocenters. The van der Waals surface area contributed by atoms with Gasteiger partial charge in [-0.1, -0.05) is 0 Å². The predicted octanol–water partition coefficient (Wildman–Crippen LogP) is 3.18. The Bertz CT molecular complexity index is 902. The largest absolute Gasteiger partial charge is 0.448 e. The number of pyridine rings is 1. The van der Waals surface area contributed by atoms with Crippen LogP contribution in [0.15, 0.2) is 36.5 Å². The molecule has 2 saturated heterocycles. The van der Waals surface area contributed by atoms with Crippen molar-refractivity contribution in [1.29, 1.82) is 0 Å². The molecule has 9 nitrogen and oxygen atoms in total. The zero-order valence-electron chi connectivity index (χ0n) is 14.2. The van der Waals surface area contributed by atoms with Gasteiger partial charge in [0, 0.05) is 32.2 Å². The summed E-state index contributed by atoms with van der Waals surface area (Å²) in [6.07, 6.45) is 1.14. The molecule has 4 rings (SSSR count). The zero-order valence-corrected chi connectivity index (χ0v) is 15.0. The van der Waals surface area contributed by atoms with Crippen molar-refractivity contribution in [2.75, 3.05) is 26.2 Å². The summed E-state index contributed by atoms with van der Waals surface area (Å²) in [6.45, 7) is 2.97. The van der Waals surface area contributed by atoms with Crippen molar-refractivity contribution < 1.29 is 23.1 Å². The minimum atomic E-state index is -2.98. The minimum absolute atomic E-state index is 0.0252. The van der Waals surface area contributed by atoms with Crippen LogP contribution in [0.5, 0.6) is 11.5 Å². The van der Waals surface area contributed by atoms with Gasteiger partial charge < -0.3 is 9.26 Å². The van der Waals surface area contributed by atoms with E-state index in [1.54, 1.807) is 9.34 Å². The molecule has 0 atom stereocenters. The molecule has 3 heterocycles. The molecule has 1 aromatic heterocycles. The second kappa shape index (κ2) is 6.97. The first kappa shape index (κ1) is 18.0. The molecule has 0 spiro atoms. The molecule has 27 heavy (non-hydrogen) atoms. The molecule has 0 saturated carbocycles. The maximum atomic E-state index is 12.9. The number of halogens is 1. The van der Waals surface area contributed by atoms with Crippen LogP contribution in [-0.2, 0) is 15.7 Å². The average Bonchev–Trinajstić information content (AvgIpc) is 3.53. The first-order valence-electron chi connectivity index (χ1n) is 8.28. The lowest BCUT2D eigenvalue weighted by molar-refractivity contribution is -0.385. The number of aromatic nitrogens is 1. The highest BCUT2D eigenvalue weighted by atomic mass is 31.2. The van der Waals surface area contributed by atoms with Crippen molar-refractivity contribution in [3.8, 4) is 11.5 Å². The van der Waals surface area contributed by atoms with Crippen LogP contribution in [0.3, 0.4) is 0 Å². The highest BCUT2D eigenvalue weighted by Crippen LogP contribution is 2.61. The third kappa shape index (κ3) is 3.98. The second-order valence-electron chi connectivity index (χ2n) is 6.15. The van der Waals surface area contributed by atoms with Gasteiger partial charge in [0.2, 0.25) is 11.7 Å². The summed E-state index contributed by atoms with van der Waals surface area (Å²) in [5.41, 5.74) is 0.331. The van der Waals surface area contributed by atoms with Gasteiger partial charge in [-0.2, -0.15) is 4.39 Å². The summed E-state index contributed by atoms with van der Waals surface area (Å²) in [7, 11) is -2.98. The molecule has 0 bridgehead atoms. The average molecular weight is 394 g/mol. The molecule has 11 heteroatoms. The van der Waals surface area contributed by atoms with Gasteiger partial charge in [0.25, 0.3) is 0 Å². The van der Waals surface area contributed by atoms with Crippen molar-refractivity contribution in [3.05, 3.63) is 58.2 Å². The highest BCUT2D eigenvalue weighted by molar-refractivity contribution is 7.54. The fourth-order valence-corrected chi connectivity index (χ4v) is 4.72. The zero-order chi connectivity index (χ0) is 19.0. The molecule has 0 N–H and O–H groups in total. The first-order valence-corrected chi connectivity index (χ1v) is 9.81. The Morgan fingerprint density at radius 2 is 1.89 bits per heavy atom. The number of hydrogen-bond acceptors (Lipinski definition) is 6. The molecule has 1 aromatic carbocycles. The Labute approximate surface area is 154 Å². The lowest BCUT2D eigenvalue weighted by Crippen LogP contribution is -2.08. The Hall–Kier alpha value is -2.39. The number of nitro benzene ring substituents is 1. The monoisotopic (exact) mass is 394 g/mol. The Balaban J connectivity index is 1.54. The molecular weight excluding hydrogens is 378 g/mol. The van der Waals surface area contributed by atoms with Gasteiger partial charge in [-0.05, 0) is 29.8 Å². The van der Waals surface area contributed by atoms with Gasteiger partial charge in [-0.3, -0.25) is 14.7 Å². The number of hydrogen-bond donors (Lipinski definition) is 0. The summed E-state index contributed by atoms with van der Waals surface area (Å²) >= 11 is 0. The quantitative estimate of drug-likeness (QED) is 0.221. The predicted molar refractivity (Wildman–Crippen MR) is 92.9 cm³/mol. The molecule has 0 aliphatic carbocycles. The van der Waals surface area contributed by atoms with Crippen LogP contribution in [0.25, 0.3) is 0 Å². The van der Waals surface area contributed by atoms with E-state index in [4.69, 9.17) is 9.26 Å². The standard InChI is InChI=1S/C16H16FN4O5P/c17-16-4-2-13(10-18-16)26-15-9-12(1-3-14(15)21(22)23)11-25-27(24,19-5-6-19)20-7-8-20/h1-4,9-10H,5-8,11H2. The van der Waals surface area contributed by atoms with E-state index in [0.717, 1.165) is 38.4 Å². The van der Waals surface area contributed by atoms with E-state index in [1.807, 2.05) is 0 Å². The summed E-state index contributed by atoms with van der Waals surface area (Å²) in [5, 5.41) is 11.3. The van der Waals surface area contributed by atoms with Crippen molar-refractivity contribution in [2.45, 2.75) is 6.61 Å². The van der Waals surface area contributed by atoms with Crippen LogP contribution >= 0.6 is 7.67 Å². The SMILES string of the molecule is O=[N+]([O-])c1ccc(COP(=O)(N2CC2)N2CC2)cc1Oc1ccc(F)nc1. The molecular formula is C16H16FN4O5P. The van der Waals surface area contributed by atoms with Crippen LogP contribution in [0.4, 0.5) is 10.1 Å². The number of rotatable bonds is 8.